The predicted octanol–water partition coefficient (Wildman–Crippen LogP) is 4.12. The number of benzene rings is 1. The minimum absolute atomic E-state index is 0.159. The summed E-state index contributed by atoms with van der Waals surface area (Å²) in [5, 5.41) is 9.81. The van der Waals surface area contributed by atoms with Gasteiger partial charge in [0, 0.05) is 11.3 Å². The molecular weight excluding hydrogens is 260 g/mol. The van der Waals surface area contributed by atoms with Crippen LogP contribution in [0.4, 0.5) is 0 Å². The van der Waals surface area contributed by atoms with Crippen LogP contribution in [0, 0.1) is 17.3 Å². The number of hydrogen-bond donors (Lipinski definition) is 1. The smallest absolute Gasteiger partial charge is 0.161 e. The van der Waals surface area contributed by atoms with Crippen LogP contribution in [0.15, 0.2) is 23.8 Å². The second kappa shape index (κ2) is 4.22. The predicted molar refractivity (Wildman–Crippen MR) is 83.0 cm³/mol. The van der Waals surface area contributed by atoms with Gasteiger partial charge in [0.05, 0.1) is 0 Å². The van der Waals surface area contributed by atoms with Crippen molar-refractivity contribution in [2.75, 3.05) is 0 Å². The quantitative estimate of drug-likeness (QED) is 0.841. The molecule has 2 heteroatoms. The zero-order valence-electron chi connectivity index (χ0n) is 12.8. The first kappa shape index (κ1) is 13.1. The molecule has 2 nitrogen and oxygen atoms in total. The van der Waals surface area contributed by atoms with Crippen molar-refractivity contribution >= 4 is 11.4 Å². The van der Waals surface area contributed by atoms with Gasteiger partial charge in [-0.15, -0.1) is 0 Å². The molecule has 1 fully saturated rings. The minimum Gasteiger partial charge on any atom is -0.508 e. The number of phenolic OH excluding ortho intramolecular Hbond substituents is 1. The van der Waals surface area contributed by atoms with Crippen LogP contribution < -0.4 is 0 Å². The monoisotopic (exact) mass is 282 g/mol. The average Bonchev–Trinajstić information content (AvgIpc) is 2.78. The SMILES string of the molecule is CC[C@@H]1CC[C@@H]2C[C@]13Cc1cc(O)ccc1C3=C(C)C2=O. The van der Waals surface area contributed by atoms with Crippen LogP contribution in [0.3, 0.4) is 0 Å². The van der Waals surface area contributed by atoms with E-state index in [0.29, 0.717) is 17.5 Å². The van der Waals surface area contributed by atoms with Gasteiger partial charge in [0.1, 0.15) is 5.75 Å². The number of ketones is 1. The largest absolute Gasteiger partial charge is 0.508 e. The van der Waals surface area contributed by atoms with Crippen LogP contribution in [0.25, 0.3) is 5.57 Å². The lowest BCUT2D eigenvalue weighted by Crippen LogP contribution is -2.43. The lowest BCUT2D eigenvalue weighted by atomic mass is 9.54. The third-order valence-corrected chi connectivity index (χ3v) is 6.23. The Kier molecular flexibility index (Phi) is 2.64. The Morgan fingerprint density at radius 2 is 2.14 bits per heavy atom. The van der Waals surface area contributed by atoms with Gasteiger partial charge in [-0.1, -0.05) is 19.4 Å². The second-order valence-corrected chi connectivity index (χ2v) is 7.12. The van der Waals surface area contributed by atoms with E-state index in [9.17, 15) is 9.90 Å². The number of aromatic hydroxyl groups is 1. The lowest BCUT2D eigenvalue weighted by Gasteiger charge is -2.49. The Bertz CT molecular complexity index is 670. The molecule has 1 saturated carbocycles. The summed E-state index contributed by atoms with van der Waals surface area (Å²) < 4.78 is 0. The first-order valence-electron chi connectivity index (χ1n) is 8.14. The first-order valence-corrected chi connectivity index (χ1v) is 8.14. The number of hydrogen-bond acceptors (Lipinski definition) is 2. The van der Waals surface area contributed by atoms with Gasteiger partial charge in [-0.25, -0.2) is 0 Å². The molecule has 3 aliphatic rings. The molecule has 1 aromatic rings. The van der Waals surface area contributed by atoms with Crippen molar-refractivity contribution in [1.82, 2.24) is 0 Å². The molecule has 0 radical (unpaired) electrons. The van der Waals surface area contributed by atoms with E-state index >= 15 is 0 Å². The molecule has 1 aromatic carbocycles. The fourth-order valence-corrected chi connectivity index (χ4v) is 5.40. The van der Waals surface area contributed by atoms with E-state index in [1.165, 1.54) is 29.5 Å². The average molecular weight is 282 g/mol. The molecule has 0 saturated heterocycles. The summed E-state index contributed by atoms with van der Waals surface area (Å²) in [5.74, 6) is 1.62. The zero-order chi connectivity index (χ0) is 14.8. The molecule has 0 heterocycles. The molecule has 3 atom stereocenters. The fourth-order valence-electron chi connectivity index (χ4n) is 5.40. The molecule has 1 spiro atoms. The number of allylic oxidation sites excluding steroid dienone is 2. The summed E-state index contributed by atoms with van der Waals surface area (Å²) >= 11 is 0. The number of carbonyl (C=O) groups is 1. The molecule has 3 aliphatic carbocycles. The highest BCUT2D eigenvalue weighted by molar-refractivity contribution is 6.07. The Morgan fingerprint density at radius 3 is 2.90 bits per heavy atom. The van der Waals surface area contributed by atoms with E-state index in [0.717, 1.165) is 24.8 Å². The van der Waals surface area contributed by atoms with Gasteiger partial charge in [0.15, 0.2) is 5.78 Å². The van der Waals surface area contributed by atoms with Gasteiger partial charge < -0.3 is 5.11 Å². The van der Waals surface area contributed by atoms with Crippen LogP contribution in [0.2, 0.25) is 0 Å². The van der Waals surface area contributed by atoms with E-state index in [2.05, 4.69) is 6.92 Å². The maximum atomic E-state index is 12.6. The van der Waals surface area contributed by atoms with Crippen molar-refractivity contribution < 1.29 is 9.90 Å². The van der Waals surface area contributed by atoms with E-state index in [4.69, 9.17) is 0 Å². The topological polar surface area (TPSA) is 37.3 Å². The van der Waals surface area contributed by atoms with Crippen molar-refractivity contribution in [3.8, 4) is 5.75 Å². The van der Waals surface area contributed by atoms with Gasteiger partial charge in [0.2, 0.25) is 0 Å². The summed E-state index contributed by atoms with van der Waals surface area (Å²) in [6.45, 7) is 4.31. The minimum atomic E-state index is 0.159. The highest BCUT2D eigenvalue weighted by atomic mass is 16.3. The van der Waals surface area contributed by atoms with Crippen molar-refractivity contribution in [2.45, 2.75) is 46.0 Å². The highest BCUT2D eigenvalue weighted by Crippen LogP contribution is 2.63. The number of phenols is 1. The Hall–Kier alpha value is -1.57. The first-order chi connectivity index (χ1) is 10.1. The number of fused-ring (bicyclic) bond motifs is 3. The Labute approximate surface area is 125 Å². The number of Topliss-reactive ketones (excluding diaryl/α,β-unsaturated/α-hetero) is 1. The molecule has 21 heavy (non-hydrogen) atoms. The van der Waals surface area contributed by atoms with Gasteiger partial charge in [-0.05, 0) is 72.9 Å². The normalized spacial score (nSPS) is 33.9. The van der Waals surface area contributed by atoms with Crippen molar-refractivity contribution in [3.05, 3.63) is 34.9 Å². The summed E-state index contributed by atoms with van der Waals surface area (Å²) in [7, 11) is 0. The summed E-state index contributed by atoms with van der Waals surface area (Å²) in [5.41, 5.74) is 4.92. The highest BCUT2D eigenvalue weighted by Gasteiger charge is 2.55. The molecular formula is C19H22O2. The van der Waals surface area contributed by atoms with Crippen LogP contribution >= 0.6 is 0 Å². The standard InChI is InChI=1S/C19H22O2/c1-3-14-5-4-12-9-19(14)10-13-8-15(20)6-7-16(13)17(19)11(2)18(12)21/h6-8,12,14,20H,3-5,9-10H2,1-2H3/t12-,14-,19+/m1/s1. The summed E-state index contributed by atoms with van der Waals surface area (Å²) in [4.78, 5) is 12.6. The van der Waals surface area contributed by atoms with Gasteiger partial charge >= 0.3 is 0 Å². The molecule has 0 aliphatic heterocycles. The van der Waals surface area contributed by atoms with Gasteiger partial charge in [-0.3, -0.25) is 4.79 Å². The number of carbonyl (C=O) groups excluding carboxylic acids is 1. The molecule has 0 amide bonds. The third-order valence-electron chi connectivity index (χ3n) is 6.23. The third kappa shape index (κ3) is 1.56. The van der Waals surface area contributed by atoms with Crippen molar-refractivity contribution in [2.24, 2.45) is 17.3 Å². The maximum absolute atomic E-state index is 12.6. The Morgan fingerprint density at radius 1 is 1.33 bits per heavy atom. The van der Waals surface area contributed by atoms with Crippen LogP contribution in [-0.4, -0.2) is 10.9 Å². The Balaban J connectivity index is 1.98. The van der Waals surface area contributed by atoms with Crippen LogP contribution in [-0.2, 0) is 11.2 Å². The van der Waals surface area contributed by atoms with Crippen molar-refractivity contribution in [3.63, 3.8) is 0 Å². The number of rotatable bonds is 1. The van der Waals surface area contributed by atoms with Crippen molar-refractivity contribution in [1.29, 1.82) is 0 Å². The van der Waals surface area contributed by atoms with E-state index in [1.54, 1.807) is 6.07 Å². The molecule has 0 aromatic heterocycles. The molecule has 2 bridgehead atoms. The molecule has 110 valence electrons. The molecule has 4 rings (SSSR count). The second-order valence-electron chi connectivity index (χ2n) is 7.12. The van der Waals surface area contributed by atoms with Crippen LogP contribution in [0.5, 0.6) is 5.75 Å². The summed E-state index contributed by atoms with van der Waals surface area (Å²) in [6, 6.07) is 5.69. The molecule has 0 unspecified atom stereocenters. The van der Waals surface area contributed by atoms with E-state index in [-0.39, 0.29) is 11.3 Å². The van der Waals surface area contributed by atoms with Gasteiger partial charge in [-0.2, -0.15) is 0 Å². The fraction of sp³-hybridized carbons (Fsp3) is 0.526. The maximum Gasteiger partial charge on any atom is 0.161 e. The van der Waals surface area contributed by atoms with E-state index in [1.807, 2.05) is 19.1 Å². The zero-order valence-corrected chi connectivity index (χ0v) is 12.8. The molecule has 1 N–H and O–H groups in total. The van der Waals surface area contributed by atoms with Gasteiger partial charge in [0.25, 0.3) is 0 Å². The van der Waals surface area contributed by atoms with Crippen LogP contribution in [0.1, 0.15) is 50.7 Å². The lowest BCUT2D eigenvalue weighted by molar-refractivity contribution is -0.122. The van der Waals surface area contributed by atoms with E-state index < -0.39 is 0 Å². The summed E-state index contributed by atoms with van der Waals surface area (Å²) in [6.07, 6.45) is 5.44.